The molecule has 0 bridgehead atoms. The maximum absolute atomic E-state index is 12.3. The highest BCUT2D eigenvalue weighted by Crippen LogP contribution is 2.32. The number of aliphatic hydroxyl groups is 1. The van der Waals surface area contributed by atoms with Crippen LogP contribution in [0.1, 0.15) is 48.7 Å². The predicted molar refractivity (Wildman–Crippen MR) is 135 cm³/mol. The molecule has 0 aliphatic carbocycles. The Hall–Kier alpha value is -3.49. The molecule has 8 nitrogen and oxygen atoms in total. The molecule has 4 aromatic rings. The lowest BCUT2D eigenvalue weighted by molar-refractivity contribution is -0.130. The zero-order valence-electron chi connectivity index (χ0n) is 20.1. The molecule has 35 heavy (non-hydrogen) atoms. The van der Waals surface area contributed by atoms with Gasteiger partial charge in [-0.2, -0.15) is 0 Å². The zero-order valence-corrected chi connectivity index (χ0v) is 20.9. The highest BCUT2D eigenvalue weighted by atomic mass is 35.5. The topological polar surface area (TPSA) is 102 Å². The molecular formula is C26H28ClN5O3. The molecule has 0 aliphatic heterocycles. The Morgan fingerprint density at radius 1 is 1.26 bits per heavy atom. The quantitative estimate of drug-likeness (QED) is 0.371. The maximum Gasteiger partial charge on any atom is 0.249 e. The van der Waals surface area contributed by atoms with Crippen molar-refractivity contribution in [2.45, 2.75) is 52.9 Å². The second-order valence-electron chi connectivity index (χ2n) is 8.54. The third-order valence-electron chi connectivity index (χ3n) is 5.84. The molecule has 0 fully saturated rings. The lowest BCUT2D eigenvalue weighted by Crippen LogP contribution is -2.36. The third-order valence-corrected chi connectivity index (χ3v) is 6.18. The lowest BCUT2D eigenvalue weighted by Gasteiger charge is -2.22. The minimum atomic E-state index is -1.05. The molecule has 0 radical (unpaired) electrons. The summed E-state index contributed by atoms with van der Waals surface area (Å²) in [5.74, 6) is 0.187. The Balaban J connectivity index is 1.67. The number of hydrogen-bond acceptors (Lipinski definition) is 6. The van der Waals surface area contributed by atoms with Crippen LogP contribution in [0.2, 0.25) is 5.02 Å². The second kappa shape index (κ2) is 10.4. The van der Waals surface area contributed by atoms with Crippen LogP contribution >= 0.6 is 11.6 Å². The zero-order chi connectivity index (χ0) is 25.1. The van der Waals surface area contributed by atoms with Gasteiger partial charge in [0.25, 0.3) is 0 Å². The van der Waals surface area contributed by atoms with Gasteiger partial charge in [-0.25, -0.2) is 9.67 Å². The van der Waals surface area contributed by atoms with Gasteiger partial charge in [-0.3, -0.25) is 4.79 Å². The third kappa shape index (κ3) is 5.28. The molecule has 2 aromatic carbocycles. The Morgan fingerprint density at radius 2 is 2.06 bits per heavy atom. The van der Waals surface area contributed by atoms with Gasteiger partial charge in [0, 0.05) is 21.7 Å². The number of nitrogens with one attached hydrogen (secondary N) is 1. The Labute approximate surface area is 208 Å². The molecule has 0 aliphatic rings. The van der Waals surface area contributed by atoms with E-state index in [4.69, 9.17) is 21.3 Å². The average Bonchev–Trinajstić information content (AvgIpc) is 3.37. The summed E-state index contributed by atoms with van der Waals surface area (Å²) >= 11 is 6.63. The maximum atomic E-state index is 12.3. The molecule has 2 heterocycles. The SMILES string of the molecule is CC[C@@H](O)C(=O)N[C@@H](C)c1cc(C)cc(Cl)c1COc1cccc2c(-n3ccnn3)cc(C)nc12. The Bertz CT molecular complexity index is 1360. The summed E-state index contributed by atoms with van der Waals surface area (Å²) < 4.78 is 7.96. The van der Waals surface area contributed by atoms with Crippen molar-refractivity contribution in [2.24, 2.45) is 0 Å². The molecule has 0 saturated heterocycles. The summed E-state index contributed by atoms with van der Waals surface area (Å²) in [6, 6.07) is 11.2. The number of rotatable bonds is 8. The van der Waals surface area contributed by atoms with Crippen molar-refractivity contribution >= 4 is 28.4 Å². The van der Waals surface area contributed by atoms with Crippen LogP contribution in [-0.2, 0) is 11.4 Å². The molecule has 0 unspecified atom stereocenters. The van der Waals surface area contributed by atoms with Crippen molar-refractivity contribution in [2.75, 3.05) is 0 Å². The number of para-hydroxylation sites is 1. The van der Waals surface area contributed by atoms with Crippen molar-refractivity contribution in [3.63, 3.8) is 0 Å². The number of aromatic nitrogens is 4. The highest BCUT2D eigenvalue weighted by Gasteiger charge is 2.21. The van der Waals surface area contributed by atoms with Gasteiger partial charge in [-0.05, 0) is 56.5 Å². The van der Waals surface area contributed by atoms with Crippen LogP contribution in [0, 0.1) is 13.8 Å². The number of ether oxygens (including phenoxy) is 1. The fourth-order valence-corrected chi connectivity index (χ4v) is 4.37. The first-order valence-corrected chi connectivity index (χ1v) is 11.8. The number of nitrogens with zero attached hydrogens (tertiary/aromatic N) is 4. The first-order valence-electron chi connectivity index (χ1n) is 11.5. The first-order chi connectivity index (χ1) is 16.8. The Kier molecular flexibility index (Phi) is 7.33. The van der Waals surface area contributed by atoms with Crippen molar-refractivity contribution < 1.29 is 14.6 Å². The van der Waals surface area contributed by atoms with Crippen molar-refractivity contribution in [3.8, 4) is 11.4 Å². The predicted octanol–water partition coefficient (Wildman–Crippen LogP) is 4.61. The van der Waals surface area contributed by atoms with E-state index in [1.807, 2.05) is 57.2 Å². The van der Waals surface area contributed by atoms with Crippen molar-refractivity contribution in [1.82, 2.24) is 25.3 Å². The number of pyridine rings is 1. The standard InChI is InChI=1S/C26H28ClN5O3/c1-5-23(33)26(34)30-17(4)19-11-15(2)12-21(27)20(19)14-35-24-8-6-7-18-22(32-10-9-28-31-32)13-16(3)29-25(18)24/h6-13,17,23,33H,5,14H2,1-4H3,(H,30,34)/t17-,23+/m0/s1. The lowest BCUT2D eigenvalue weighted by atomic mass is 9.98. The van der Waals surface area contributed by atoms with Gasteiger partial charge in [-0.15, -0.1) is 5.10 Å². The summed E-state index contributed by atoms with van der Waals surface area (Å²) in [5, 5.41) is 22.2. The fourth-order valence-electron chi connectivity index (χ4n) is 4.03. The van der Waals surface area contributed by atoms with E-state index in [0.29, 0.717) is 22.7 Å². The largest absolute Gasteiger partial charge is 0.487 e. The molecule has 1 amide bonds. The van der Waals surface area contributed by atoms with Crippen molar-refractivity contribution in [3.05, 3.63) is 76.2 Å². The minimum absolute atomic E-state index is 0.179. The fraction of sp³-hybridized carbons (Fsp3) is 0.308. The van der Waals surface area contributed by atoms with Gasteiger partial charge in [0.15, 0.2) is 0 Å². The number of carbonyl (C=O) groups is 1. The van der Waals surface area contributed by atoms with Crippen LogP contribution in [0.5, 0.6) is 5.75 Å². The van der Waals surface area contributed by atoms with Crippen molar-refractivity contribution in [1.29, 1.82) is 0 Å². The van der Waals surface area contributed by atoms with Gasteiger partial charge in [0.05, 0.1) is 24.1 Å². The number of fused-ring (bicyclic) bond motifs is 1. The van der Waals surface area contributed by atoms with E-state index in [2.05, 4.69) is 15.6 Å². The van der Waals surface area contributed by atoms with Gasteiger partial charge in [0.1, 0.15) is 24.0 Å². The number of aryl methyl sites for hydroxylation is 2. The molecular weight excluding hydrogens is 466 g/mol. The molecule has 2 atom stereocenters. The highest BCUT2D eigenvalue weighted by molar-refractivity contribution is 6.31. The van der Waals surface area contributed by atoms with Gasteiger partial charge >= 0.3 is 0 Å². The summed E-state index contributed by atoms with van der Waals surface area (Å²) in [7, 11) is 0. The molecule has 2 N–H and O–H groups in total. The molecule has 182 valence electrons. The molecule has 4 rings (SSSR count). The molecule has 0 saturated carbocycles. The average molecular weight is 494 g/mol. The first kappa shape index (κ1) is 24.6. The summed E-state index contributed by atoms with van der Waals surface area (Å²) in [6.07, 6.45) is 2.70. The number of amides is 1. The second-order valence-corrected chi connectivity index (χ2v) is 8.95. The van der Waals surface area contributed by atoms with E-state index in [0.717, 1.165) is 33.5 Å². The Morgan fingerprint density at radius 3 is 2.77 bits per heavy atom. The normalized spacial score (nSPS) is 13.0. The van der Waals surface area contributed by atoms with Crippen LogP contribution in [0.3, 0.4) is 0 Å². The van der Waals surface area contributed by atoms with Crippen LogP contribution < -0.4 is 10.1 Å². The smallest absolute Gasteiger partial charge is 0.249 e. The van der Waals surface area contributed by atoms with E-state index in [1.54, 1.807) is 24.0 Å². The summed E-state index contributed by atoms with van der Waals surface area (Å²) in [6.45, 7) is 7.66. The number of benzene rings is 2. The molecule has 9 heteroatoms. The van der Waals surface area contributed by atoms with E-state index < -0.39 is 12.0 Å². The minimum Gasteiger partial charge on any atom is -0.487 e. The number of hydrogen-bond donors (Lipinski definition) is 2. The monoisotopic (exact) mass is 493 g/mol. The van der Waals surface area contributed by atoms with E-state index in [1.165, 1.54) is 0 Å². The van der Waals surface area contributed by atoms with Gasteiger partial charge in [-0.1, -0.05) is 41.9 Å². The van der Waals surface area contributed by atoms with Crippen LogP contribution in [0.15, 0.2) is 48.8 Å². The van der Waals surface area contributed by atoms with Gasteiger partial charge in [0.2, 0.25) is 5.91 Å². The summed E-state index contributed by atoms with van der Waals surface area (Å²) in [5.41, 5.74) is 4.94. The molecule has 2 aromatic heterocycles. The van der Waals surface area contributed by atoms with Crippen LogP contribution in [0.25, 0.3) is 16.6 Å². The number of halogens is 1. The molecule has 0 spiro atoms. The summed E-state index contributed by atoms with van der Waals surface area (Å²) in [4.78, 5) is 17.0. The van der Waals surface area contributed by atoms with Gasteiger partial charge < -0.3 is 15.2 Å². The van der Waals surface area contributed by atoms with E-state index >= 15 is 0 Å². The van der Waals surface area contributed by atoms with Crippen LogP contribution in [-0.4, -0.2) is 37.1 Å². The van der Waals surface area contributed by atoms with Crippen LogP contribution in [0.4, 0.5) is 0 Å². The number of aliphatic hydroxyl groups excluding tert-OH is 1. The number of carbonyl (C=O) groups excluding carboxylic acids is 1. The van der Waals surface area contributed by atoms with E-state index in [-0.39, 0.29) is 12.6 Å². The van der Waals surface area contributed by atoms with E-state index in [9.17, 15) is 9.90 Å².